The normalized spacial score (nSPS) is 14.5. The Labute approximate surface area is 172 Å². The van der Waals surface area contributed by atoms with Crippen molar-refractivity contribution in [3.63, 3.8) is 0 Å². The molecule has 1 N–H and O–H groups in total. The molecule has 0 radical (unpaired) electrons. The maximum Gasteiger partial charge on any atom is 0.294 e. The summed E-state index contributed by atoms with van der Waals surface area (Å²) in [6.45, 7) is 3.46. The molecule has 0 saturated heterocycles. The molecule has 1 unspecified atom stereocenters. The van der Waals surface area contributed by atoms with Gasteiger partial charge in [-0.2, -0.15) is 0 Å². The molecule has 156 valence electrons. The maximum atomic E-state index is 14.5. The molecule has 30 heavy (non-hydrogen) atoms. The summed E-state index contributed by atoms with van der Waals surface area (Å²) in [5.41, 5.74) is 0.478. The molecule has 7 heteroatoms. The number of pyridine rings is 1. The van der Waals surface area contributed by atoms with Gasteiger partial charge in [0.15, 0.2) is 0 Å². The minimum Gasteiger partial charge on any atom is -0.411 e. The van der Waals surface area contributed by atoms with E-state index < -0.39 is 17.3 Å². The standard InChI is InChI=1S/C23H22F2N2O3/c1-3-30-27-13(2)19(17-8-5-9-18(25)20(17)23(27)29)22(28)26-21(14-10-11-14)15-6-4-7-16(24)12-15/h4-9,12,14,21H,3,10-11H2,1-2H3,(H,26,28). The van der Waals surface area contributed by atoms with Crippen molar-refractivity contribution in [3.8, 4) is 0 Å². The quantitative estimate of drug-likeness (QED) is 0.668. The third-order valence-corrected chi connectivity index (χ3v) is 5.42. The summed E-state index contributed by atoms with van der Waals surface area (Å²) in [6, 6.07) is 9.97. The fourth-order valence-electron chi connectivity index (χ4n) is 3.89. The molecule has 1 heterocycles. The predicted molar refractivity (Wildman–Crippen MR) is 109 cm³/mol. The predicted octanol–water partition coefficient (Wildman–Crippen LogP) is 3.92. The van der Waals surface area contributed by atoms with Crippen molar-refractivity contribution in [1.29, 1.82) is 0 Å². The smallest absolute Gasteiger partial charge is 0.294 e. The number of carbonyl (C=O) groups is 1. The number of benzene rings is 2. The van der Waals surface area contributed by atoms with Crippen LogP contribution in [0.2, 0.25) is 0 Å². The summed E-state index contributed by atoms with van der Waals surface area (Å²) in [7, 11) is 0. The largest absolute Gasteiger partial charge is 0.411 e. The van der Waals surface area contributed by atoms with Gasteiger partial charge < -0.3 is 10.2 Å². The van der Waals surface area contributed by atoms with Crippen molar-refractivity contribution in [1.82, 2.24) is 10.0 Å². The van der Waals surface area contributed by atoms with Gasteiger partial charge in [-0.15, -0.1) is 4.73 Å². The lowest BCUT2D eigenvalue weighted by molar-refractivity contribution is 0.0908. The summed E-state index contributed by atoms with van der Waals surface area (Å²) in [4.78, 5) is 31.5. The Balaban J connectivity index is 1.83. The second-order valence-electron chi connectivity index (χ2n) is 7.48. The summed E-state index contributed by atoms with van der Waals surface area (Å²) >= 11 is 0. The number of nitrogens with zero attached hydrogens (tertiary/aromatic N) is 1. The molecule has 0 aliphatic heterocycles. The van der Waals surface area contributed by atoms with Gasteiger partial charge in [0.1, 0.15) is 18.2 Å². The number of amides is 1. The summed E-state index contributed by atoms with van der Waals surface area (Å²) < 4.78 is 29.2. The average Bonchev–Trinajstić information content (AvgIpc) is 3.54. The summed E-state index contributed by atoms with van der Waals surface area (Å²) in [5.74, 6) is -1.35. The summed E-state index contributed by atoms with van der Waals surface area (Å²) in [6.07, 6.45) is 1.85. The first kappa shape index (κ1) is 20.1. The van der Waals surface area contributed by atoms with Gasteiger partial charge >= 0.3 is 0 Å². The Morgan fingerprint density at radius 3 is 2.63 bits per heavy atom. The first-order valence-electron chi connectivity index (χ1n) is 9.95. The number of rotatable bonds is 6. The molecular weight excluding hydrogens is 390 g/mol. The topological polar surface area (TPSA) is 60.3 Å². The van der Waals surface area contributed by atoms with E-state index in [4.69, 9.17) is 4.84 Å². The van der Waals surface area contributed by atoms with E-state index in [1.165, 1.54) is 24.3 Å². The Hall–Kier alpha value is -3.22. The molecule has 5 nitrogen and oxygen atoms in total. The Morgan fingerprint density at radius 2 is 1.97 bits per heavy atom. The van der Waals surface area contributed by atoms with Crippen LogP contribution in [0.25, 0.3) is 10.8 Å². The van der Waals surface area contributed by atoms with E-state index in [0.29, 0.717) is 5.56 Å². The zero-order valence-electron chi connectivity index (χ0n) is 16.7. The lowest BCUT2D eigenvalue weighted by atomic mass is 9.99. The second kappa shape index (κ2) is 7.89. The van der Waals surface area contributed by atoms with E-state index in [1.807, 2.05) is 0 Å². The van der Waals surface area contributed by atoms with Gasteiger partial charge in [0.05, 0.1) is 22.7 Å². The number of halogens is 2. The highest BCUT2D eigenvalue weighted by molar-refractivity contribution is 6.08. The van der Waals surface area contributed by atoms with Gasteiger partial charge in [-0.05, 0) is 56.4 Å². The van der Waals surface area contributed by atoms with Crippen LogP contribution < -0.4 is 15.7 Å². The van der Waals surface area contributed by atoms with Gasteiger partial charge in [0.2, 0.25) is 0 Å². The van der Waals surface area contributed by atoms with Crippen LogP contribution in [-0.4, -0.2) is 17.2 Å². The number of hydrogen-bond acceptors (Lipinski definition) is 3. The number of nitrogens with one attached hydrogen (secondary N) is 1. The number of hydrogen-bond donors (Lipinski definition) is 1. The molecule has 1 amide bonds. The number of aromatic nitrogens is 1. The highest BCUT2D eigenvalue weighted by atomic mass is 19.1. The van der Waals surface area contributed by atoms with Gasteiger partial charge in [-0.3, -0.25) is 9.59 Å². The SMILES string of the molecule is CCOn1c(C)c(C(=O)NC(c2cccc(F)c2)C2CC2)c2cccc(F)c2c1=O. The first-order chi connectivity index (χ1) is 14.4. The van der Waals surface area contributed by atoms with E-state index in [-0.39, 0.29) is 46.4 Å². The minimum absolute atomic E-state index is 0.166. The van der Waals surface area contributed by atoms with Gasteiger partial charge in [-0.25, -0.2) is 8.78 Å². The van der Waals surface area contributed by atoms with E-state index >= 15 is 0 Å². The molecule has 2 aromatic carbocycles. The Morgan fingerprint density at radius 1 is 1.23 bits per heavy atom. The molecule has 1 saturated carbocycles. The molecule has 4 rings (SSSR count). The van der Waals surface area contributed by atoms with E-state index in [2.05, 4.69) is 5.32 Å². The number of fused-ring (bicyclic) bond motifs is 1. The van der Waals surface area contributed by atoms with Crippen molar-refractivity contribution in [3.05, 3.63) is 81.3 Å². The van der Waals surface area contributed by atoms with Gasteiger partial charge in [0.25, 0.3) is 11.5 Å². The fraction of sp³-hybridized carbons (Fsp3) is 0.304. The van der Waals surface area contributed by atoms with Crippen molar-refractivity contribution in [2.24, 2.45) is 5.92 Å². The van der Waals surface area contributed by atoms with Crippen LogP contribution in [0.4, 0.5) is 8.78 Å². The summed E-state index contributed by atoms with van der Waals surface area (Å²) in [5, 5.41) is 3.00. The molecule has 1 aromatic heterocycles. The van der Waals surface area contributed by atoms with Crippen LogP contribution in [0.15, 0.2) is 47.3 Å². The molecule has 1 aliphatic carbocycles. The van der Waals surface area contributed by atoms with Crippen molar-refractivity contribution in [2.75, 3.05) is 6.61 Å². The van der Waals surface area contributed by atoms with Gasteiger partial charge in [0, 0.05) is 5.39 Å². The Kier molecular flexibility index (Phi) is 5.28. The van der Waals surface area contributed by atoms with Crippen LogP contribution in [0, 0.1) is 24.5 Å². The molecule has 3 aromatic rings. The van der Waals surface area contributed by atoms with E-state index in [9.17, 15) is 18.4 Å². The van der Waals surface area contributed by atoms with Crippen molar-refractivity contribution < 1.29 is 18.4 Å². The molecule has 0 spiro atoms. The lowest BCUT2D eigenvalue weighted by Gasteiger charge is -2.21. The minimum atomic E-state index is -0.719. The highest BCUT2D eigenvalue weighted by Gasteiger charge is 2.34. The third kappa shape index (κ3) is 3.56. The van der Waals surface area contributed by atoms with Crippen LogP contribution in [0.3, 0.4) is 0 Å². The molecule has 1 atom stereocenters. The Bertz CT molecular complexity index is 1190. The van der Waals surface area contributed by atoms with E-state index in [1.54, 1.807) is 32.0 Å². The zero-order valence-corrected chi connectivity index (χ0v) is 16.7. The first-order valence-corrected chi connectivity index (χ1v) is 9.95. The second-order valence-corrected chi connectivity index (χ2v) is 7.48. The van der Waals surface area contributed by atoms with Crippen LogP contribution >= 0.6 is 0 Å². The van der Waals surface area contributed by atoms with E-state index in [0.717, 1.165) is 17.6 Å². The molecule has 1 fully saturated rings. The van der Waals surface area contributed by atoms with Crippen molar-refractivity contribution in [2.45, 2.75) is 32.7 Å². The lowest BCUT2D eigenvalue weighted by Crippen LogP contribution is -2.35. The average molecular weight is 412 g/mol. The third-order valence-electron chi connectivity index (χ3n) is 5.42. The van der Waals surface area contributed by atoms with Gasteiger partial charge in [-0.1, -0.05) is 24.3 Å². The molecule has 1 aliphatic rings. The fourth-order valence-corrected chi connectivity index (χ4v) is 3.89. The zero-order chi connectivity index (χ0) is 21.4. The van der Waals surface area contributed by atoms with Crippen LogP contribution in [0.1, 0.15) is 47.4 Å². The van der Waals surface area contributed by atoms with Crippen molar-refractivity contribution >= 4 is 16.7 Å². The molecule has 0 bridgehead atoms. The monoisotopic (exact) mass is 412 g/mol. The van der Waals surface area contributed by atoms with Crippen LogP contribution in [0.5, 0.6) is 0 Å². The highest BCUT2D eigenvalue weighted by Crippen LogP contribution is 2.41. The maximum absolute atomic E-state index is 14.5. The number of carbonyl (C=O) groups excluding carboxylic acids is 1. The van der Waals surface area contributed by atoms with Crippen LogP contribution in [-0.2, 0) is 0 Å². The molecular formula is C23H22F2N2O3.